The molecule has 0 saturated carbocycles. The highest BCUT2D eigenvalue weighted by molar-refractivity contribution is 5.96. The van der Waals surface area contributed by atoms with Crippen LogP contribution in [-0.4, -0.2) is 31.7 Å². The van der Waals surface area contributed by atoms with Gasteiger partial charge in [0.25, 0.3) is 0 Å². The smallest absolute Gasteiger partial charge is 0.222 e. The van der Waals surface area contributed by atoms with E-state index >= 15 is 0 Å². The second kappa shape index (κ2) is 8.06. The first kappa shape index (κ1) is 19.3. The van der Waals surface area contributed by atoms with Gasteiger partial charge in [0, 0.05) is 17.8 Å². The van der Waals surface area contributed by atoms with Crippen molar-refractivity contribution in [2.45, 2.75) is 78.8 Å². The standard InChI is InChI=1S/C20H29N5O2/c1-12(25-14(3)20(15(4)26)13(2)24-25)10-19(27)21-11-18-16-8-6-5-7-9-17(16)22-23-18/h12H,5-11H2,1-4H3,(H,21,27)(H,22,23). The first-order valence-corrected chi connectivity index (χ1v) is 9.76. The predicted molar refractivity (Wildman–Crippen MR) is 103 cm³/mol. The van der Waals surface area contributed by atoms with Gasteiger partial charge >= 0.3 is 0 Å². The minimum absolute atomic E-state index is 0.00660. The van der Waals surface area contributed by atoms with Gasteiger partial charge in [-0.1, -0.05) is 6.42 Å². The van der Waals surface area contributed by atoms with Crippen molar-refractivity contribution in [1.29, 1.82) is 0 Å². The van der Waals surface area contributed by atoms with Gasteiger partial charge in [0.1, 0.15) is 0 Å². The van der Waals surface area contributed by atoms with Gasteiger partial charge in [-0.25, -0.2) is 0 Å². The number of hydrogen-bond acceptors (Lipinski definition) is 4. The van der Waals surface area contributed by atoms with Crippen molar-refractivity contribution in [1.82, 2.24) is 25.3 Å². The van der Waals surface area contributed by atoms with Gasteiger partial charge < -0.3 is 5.32 Å². The van der Waals surface area contributed by atoms with E-state index < -0.39 is 0 Å². The summed E-state index contributed by atoms with van der Waals surface area (Å²) in [5.41, 5.74) is 5.65. The van der Waals surface area contributed by atoms with Gasteiger partial charge in [0.05, 0.1) is 29.5 Å². The number of nitrogens with one attached hydrogen (secondary N) is 2. The quantitative estimate of drug-likeness (QED) is 0.603. The normalized spacial score (nSPS) is 15.1. The van der Waals surface area contributed by atoms with Crippen LogP contribution in [0.1, 0.15) is 84.3 Å². The number of nitrogens with zero attached hydrogens (tertiary/aromatic N) is 3. The molecule has 2 N–H and O–H groups in total. The van der Waals surface area contributed by atoms with E-state index in [0.717, 1.165) is 24.2 Å². The summed E-state index contributed by atoms with van der Waals surface area (Å²) in [5, 5.41) is 15.0. The molecule has 0 aromatic carbocycles. The molecular formula is C20H29N5O2. The molecule has 1 amide bonds. The molecular weight excluding hydrogens is 342 g/mol. The van der Waals surface area contributed by atoms with Crippen LogP contribution >= 0.6 is 0 Å². The highest BCUT2D eigenvalue weighted by Gasteiger charge is 2.21. The number of Topliss-reactive ketones (excluding diaryl/α,β-unsaturated/α-hetero) is 1. The first-order valence-electron chi connectivity index (χ1n) is 9.76. The average molecular weight is 371 g/mol. The zero-order valence-corrected chi connectivity index (χ0v) is 16.7. The molecule has 3 rings (SSSR count). The van der Waals surface area contributed by atoms with Crippen LogP contribution in [0, 0.1) is 13.8 Å². The van der Waals surface area contributed by atoms with Crippen molar-refractivity contribution < 1.29 is 9.59 Å². The van der Waals surface area contributed by atoms with Gasteiger partial charge in [-0.15, -0.1) is 0 Å². The second-order valence-corrected chi connectivity index (χ2v) is 7.56. The summed E-state index contributed by atoms with van der Waals surface area (Å²) < 4.78 is 1.78. The molecule has 0 saturated heterocycles. The molecule has 1 aliphatic carbocycles. The Morgan fingerprint density at radius 3 is 2.67 bits per heavy atom. The molecule has 0 spiro atoms. The average Bonchev–Trinajstić information content (AvgIpc) is 3.03. The lowest BCUT2D eigenvalue weighted by molar-refractivity contribution is -0.122. The lowest BCUT2D eigenvalue weighted by Crippen LogP contribution is -2.26. The van der Waals surface area contributed by atoms with E-state index in [0.29, 0.717) is 24.2 Å². The largest absolute Gasteiger partial charge is 0.350 e. The number of aromatic nitrogens is 4. The van der Waals surface area contributed by atoms with E-state index in [1.807, 2.05) is 20.8 Å². The maximum absolute atomic E-state index is 12.4. The fraction of sp³-hybridized carbons (Fsp3) is 0.600. The Bertz CT molecular complexity index is 849. The lowest BCUT2D eigenvalue weighted by Gasteiger charge is -2.14. The lowest BCUT2D eigenvalue weighted by atomic mass is 10.1. The van der Waals surface area contributed by atoms with Crippen LogP contribution < -0.4 is 5.32 Å². The van der Waals surface area contributed by atoms with Crippen LogP contribution in [0.3, 0.4) is 0 Å². The number of carbonyl (C=O) groups excluding carboxylic acids is 2. The monoisotopic (exact) mass is 371 g/mol. The fourth-order valence-corrected chi connectivity index (χ4v) is 4.08. The first-order chi connectivity index (χ1) is 12.9. The minimum Gasteiger partial charge on any atom is -0.350 e. The molecule has 7 nitrogen and oxygen atoms in total. The van der Waals surface area contributed by atoms with Crippen LogP contribution in [0.4, 0.5) is 0 Å². The summed E-state index contributed by atoms with van der Waals surface area (Å²) >= 11 is 0. The zero-order chi connectivity index (χ0) is 19.6. The maximum Gasteiger partial charge on any atom is 0.222 e. The Balaban J connectivity index is 1.61. The minimum atomic E-state index is -0.118. The molecule has 146 valence electrons. The van der Waals surface area contributed by atoms with E-state index in [4.69, 9.17) is 0 Å². The highest BCUT2D eigenvalue weighted by atomic mass is 16.1. The molecule has 7 heteroatoms. The molecule has 0 bridgehead atoms. The summed E-state index contributed by atoms with van der Waals surface area (Å²) in [6.07, 6.45) is 6.02. The van der Waals surface area contributed by atoms with Gasteiger partial charge in [0.15, 0.2) is 5.78 Å². The number of ketones is 1. The summed E-state index contributed by atoms with van der Waals surface area (Å²) in [6, 6.07) is -0.118. The molecule has 2 heterocycles. The predicted octanol–water partition coefficient (Wildman–Crippen LogP) is 2.96. The number of hydrogen-bond donors (Lipinski definition) is 2. The molecule has 2 aromatic rings. The van der Waals surface area contributed by atoms with Crippen molar-refractivity contribution in [3.05, 3.63) is 33.9 Å². The Labute approximate surface area is 159 Å². The Kier molecular flexibility index (Phi) is 5.77. The van der Waals surface area contributed by atoms with Crippen LogP contribution in [0.5, 0.6) is 0 Å². The van der Waals surface area contributed by atoms with Crippen LogP contribution in [-0.2, 0) is 24.2 Å². The Morgan fingerprint density at radius 2 is 1.96 bits per heavy atom. The van der Waals surface area contributed by atoms with E-state index in [-0.39, 0.29) is 17.7 Å². The maximum atomic E-state index is 12.4. The number of rotatable bonds is 6. The number of aromatic amines is 1. The summed E-state index contributed by atoms with van der Waals surface area (Å²) in [5.74, 6) is -0.0306. The number of aryl methyl sites for hydroxylation is 2. The number of fused-ring (bicyclic) bond motifs is 1. The summed E-state index contributed by atoms with van der Waals surface area (Å²) in [7, 11) is 0. The SMILES string of the molecule is CC(=O)c1c(C)nn(C(C)CC(=O)NCc2n[nH]c3c2CCCCC3)c1C. The topological polar surface area (TPSA) is 92.7 Å². The third kappa shape index (κ3) is 4.12. The second-order valence-electron chi connectivity index (χ2n) is 7.56. The van der Waals surface area contributed by atoms with Crippen LogP contribution in [0.15, 0.2) is 0 Å². The molecule has 1 unspecified atom stereocenters. The number of carbonyl (C=O) groups is 2. The van der Waals surface area contributed by atoms with Gasteiger partial charge in [-0.05, 0) is 58.9 Å². The van der Waals surface area contributed by atoms with Crippen molar-refractivity contribution in [2.75, 3.05) is 0 Å². The van der Waals surface area contributed by atoms with E-state index in [9.17, 15) is 9.59 Å². The van der Waals surface area contributed by atoms with Gasteiger partial charge in [-0.2, -0.15) is 10.2 Å². The summed E-state index contributed by atoms with van der Waals surface area (Å²) in [6.45, 7) is 7.66. The Morgan fingerprint density at radius 1 is 1.22 bits per heavy atom. The van der Waals surface area contributed by atoms with Crippen molar-refractivity contribution in [2.24, 2.45) is 0 Å². The molecule has 0 radical (unpaired) electrons. The molecule has 27 heavy (non-hydrogen) atoms. The molecule has 2 aromatic heterocycles. The van der Waals surface area contributed by atoms with Crippen molar-refractivity contribution in [3.63, 3.8) is 0 Å². The molecule has 1 aliphatic rings. The third-order valence-electron chi connectivity index (χ3n) is 5.42. The van der Waals surface area contributed by atoms with E-state index in [1.54, 1.807) is 11.6 Å². The van der Waals surface area contributed by atoms with E-state index in [1.165, 1.54) is 30.5 Å². The zero-order valence-electron chi connectivity index (χ0n) is 16.7. The molecule has 1 atom stereocenters. The van der Waals surface area contributed by atoms with Crippen LogP contribution in [0.2, 0.25) is 0 Å². The Hall–Kier alpha value is -2.44. The third-order valence-corrected chi connectivity index (χ3v) is 5.42. The van der Waals surface area contributed by atoms with Gasteiger partial charge in [0.2, 0.25) is 5.91 Å². The molecule has 0 aliphatic heterocycles. The fourth-order valence-electron chi connectivity index (χ4n) is 4.08. The van der Waals surface area contributed by atoms with Crippen molar-refractivity contribution in [3.8, 4) is 0 Å². The van der Waals surface area contributed by atoms with Gasteiger partial charge in [-0.3, -0.25) is 19.4 Å². The van der Waals surface area contributed by atoms with Crippen molar-refractivity contribution >= 4 is 11.7 Å². The summed E-state index contributed by atoms with van der Waals surface area (Å²) in [4.78, 5) is 24.2. The number of amides is 1. The van der Waals surface area contributed by atoms with E-state index in [2.05, 4.69) is 20.6 Å². The highest BCUT2D eigenvalue weighted by Crippen LogP contribution is 2.22. The molecule has 0 fully saturated rings. The number of H-pyrrole nitrogens is 1. The van der Waals surface area contributed by atoms with Crippen LogP contribution in [0.25, 0.3) is 0 Å².